The molecule has 2 aromatic rings. The van der Waals surface area contributed by atoms with Gasteiger partial charge in [-0.15, -0.1) is 0 Å². The van der Waals surface area contributed by atoms with E-state index >= 15 is 0 Å². The van der Waals surface area contributed by atoms with E-state index in [2.05, 4.69) is 17.0 Å². The number of benzene rings is 1. The summed E-state index contributed by atoms with van der Waals surface area (Å²) in [6.45, 7) is 6.29. The lowest BCUT2D eigenvalue weighted by atomic mass is 9.94. The summed E-state index contributed by atoms with van der Waals surface area (Å²) < 4.78 is 11.1. The third-order valence-electron chi connectivity index (χ3n) is 5.75. The Morgan fingerprint density at radius 1 is 1.10 bits per heavy atom. The van der Waals surface area contributed by atoms with Crippen molar-refractivity contribution >= 4 is 11.9 Å². The van der Waals surface area contributed by atoms with E-state index in [0.717, 1.165) is 74.7 Å². The Morgan fingerprint density at radius 2 is 1.90 bits per heavy atom. The maximum absolute atomic E-state index is 12.8. The molecule has 2 saturated heterocycles. The topological polar surface area (TPSA) is 54.9 Å². The molecule has 0 saturated carbocycles. The highest BCUT2D eigenvalue weighted by molar-refractivity contribution is 5.68. The summed E-state index contributed by atoms with van der Waals surface area (Å²) in [4.78, 5) is 21.8. The van der Waals surface area contributed by atoms with E-state index in [1.54, 1.807) is 0 Å². The average molecular weight is 396 g/mol. The van der Waals surface area contributed by atoms with Crippen molar-refractivity contribution in [2.45, 2.75) is 38.8 Å². The van der Waals surface area contributed by atoms with Gasteiger partial charge in [-0.25, -0.2) is 9.78 Å². The third-order valence-corrected chi connectivity index (χ3v) is 5.75. The number of aryl methyl sites for hydroxylation is 1. The normalized spacial score (nSPS) is 19.8. The Kier molecular flexibility index (Phi) is 6.30. The maximum atomic E-state index is 12.8. The molecule has 1 aromatic carbocycles. The fourth-order valence-electron chi connectivity index (χ4n) is 4.15. The van der Waals surface area contributed by atoms with Crippen LogP contribution in [-0.2, 0) is 16.1 Å². The van der Waals surface area contributed by atoms with Crippen LogP contribution in [0.1, 0.15) is 42.1 Å². The number of aromatic nitrogens is 1. The molecule has 0 bridgehead atoms. The lowest BCUT2D eigenvalue weighted by Gasteiger charge is -2.36. The number of hydrogen-bond donors (Lipinski definition) is 0. The van der Waals surface area contributed by atoms with Crippen LogP contribution in [0.3, 0.4) is 0 Å². The van der Waals surface area contributed by atoms with Gasteiger partial charge in [0, 0.05) is 25.3 Å². The van der Waals surface area contributed by atoms with E-state index in [-0.39, 0.29) is 12.1 Å². The van der Waals surface area contributed by atoms with Gasteiger partial charge >= 0.3 is 6.09 Å². The molecule has 0 unspecified atom stereocenters. The first-order valence-corrected chi connectivity index (χ1v) is 10.5. The van der Waals surface area contributed by atoms with Gasteiger partial charge < -0.3 is 19.3 Å². The van der Waals surface area contributed by atoms with Crippen molar-refractivity contribution < 1.29 is 14.3 Å². The SMILES string of the molecule is Cc1nc(N2CCOCC2)ccc1[C@@H]1CCCCN1C(=O)OCc1ccccc1. The quantitative estimate of drug-likeness (QED) is 0.780. The first kappa shape index (κ1) is 19.7. The molecule has 6 heteroatoms. The summed E-state index contributed by atoms with van der Waals surface area (Å²) in [5.41, 5.74) is 3.11. The van der Waals surface area contributed by atoms with Crippen LogP contribution in [0.4, 0.5) is 10.6 Å². The minimum absolute atomic E-state index is 0.0262. The van der Waals surface area contributed by atoms with Crippen LogP contribution < -0.4 is 4.90 Å². The van der Waals surface area contributed by atoms with E-state index in [9.17, 15) is 4.79 Å². The van der Waals surface area contributed by atoms with Gasteiger partial charge in [-0.05, 0) is 43.4 Å². The van der Waals surface area contributed by atoms with Gasteiger partial charge in [0.1, 0.15) is 12.4 Å². The molecule has 6 nitrogen and oxygen atoms in total. The van der Waals surface area contributed by atoms with Gasteiger partial charge in [-0.2, -0.15) is 0 Å². The van der Waals surface area contributed by atoms with Gasteiger partial charge in [-0.3, -0.25) is 0 Å². The molecule has 0 radical (unpaired) electrons. The lowest BCUT2D eigenvalue weighted by Crippen LogP contribution is -2.39. The van der Waals surface area contributed by atoms with Crippen LogP contribution in [0.2, 0.25) is 0 Å². The Labute approximate surface area is 172 Å². The van der Waals surface area contributed by atoms with Crippen molar-refractivity contribution in [3.63, 3.8) is 0 Å². The van der Waals surface area contributed by atoms with Crippen molar-refractivity contribution in [1.82, 2.24) is 9.88 Å². The molecule has 0 aliphatic carbocycles. The molecule has 1 amide bonds. The number of carbonyl (C=O) groups excluding carboxylic acids is 1. The van der Waals surface area contributed by atoms with Crippen LogP contribution in [0.25, 0.3) is 0 Å². The Balaban J connectivity index is 1.47. The summed E-state index contributed by atoms with van der Waals surface area (Å²) in [6, 6.07) is 14.1. The zero-order valence-corrected chi connectivity index (χ0v) is 17.0. The molecular weight excluding hydrogens is 366 g/mol. The van der Waals surface area contributed by atoms with Crippen molar-refractivity contribution in [3.05, 3.63) is 59.3 Å². The molecule has 3 heterocycles. The van der Waals surface area contributed by atoms with Crippen LogP contribution in [0, 0.1) is 6.92 Å². The molecule has 0 N–H and O–H groups in total. The summed E-state index contributed by atoms with van der Waals surface area (Å²) in [5, 5.41) is 0. The molecule has 4 rings (SSSR count). The fourth-order valence-corrected chi connectivity index (χ4v) is 4.15. The highest BCUT2D eigenvalue weighted by Gasteiger charge is 2.30. The first-order chi connectivity index (χ1) is 14.2. The minimum Gasteiger partial charge on any atom is -0.445 e. The lowest BCUT2D eigenvalue weighted by molar-refractivity contribution is 0.0677. The number of carbonyl (C=O) groups is 1. The number of likely N-dealkylation sites (tertiary alicyclic amines) is 1. The largest absolute Gasteiger partial charge is 0.445 e. The van der Waals surface area contributed by atoms with E-state index in [0.29, 0.717) is 6.61 Å². The van der Waals surface area contributed by atoms with Gasteiger partial charge in [0.2, 0.25) is 0 Å². The molecular formula is C23H29N3O3. The van der Waals surface area contributed by atoms with E-state index < -0.39 is 0 Å². The van der Waals surface area contributed by atoms with Gasteiger partial charge in [0.25, 0.3) is 0 Å². The molecule has 2 fully saturated rings. The van der Waals surface area contributed by atoms with E-state index in [1.165, 1.54) is 0 Å². The summed E-state index contributed by atoms with van der Waals surface area (Å²) >= 11 is 0. The van der Waals surface area contributed by atoms with Crippen LogP contribution in [0.5, 0.6) is 0 Å². The van der Waals surface area contributed by atoms with Gasteiger partial charge in [0.05, 0.1) is 19.3 Å². The predicted molar refractivity (Wildman–Crippen MR) is 112 cm³/mol. The second-order valence-electron chi connectivity index (χ2n) is 7.69. The molecule has 1 aromatic heterocycles. The van der Waals surface area contributed by atoms with Gasteiger partial charge in [0.15, 0.2) is 0 Å². The summed E-state index contributed by atoms with van der Waals surface area (Å²) in [6.07, 6.45) is 2.82. The summed E-state index contributed by atoms with van der Waals surface area (Å²) in [5.74, 6) is 0.989. The summed E-state index contributed by atoms with van der Waals surface area (Å²) in [7, 11) is 0. The molecule has 2 aliphatic heterocycles. The number of pyridine rings is 1. The zero-order chi connectivity index (χ0) is 20.1. The number of morpholine rings is 1. The number of ether oxygens (including phenoxy) is 2. The number of rotatable bonds is 4. The first-order valence-electron chi connectivity index (χ1n) is 10.5. The Morgan fingerprint density at radius 3 is 2.66 bits per heavy atom. The monoisotopic (exact) mass is 395 g/mol. The number of nitrogens with zero attached hydrogens (tertiary/aromatic N) is 3. The maximum Gasteiger partial charge on any atom is 0.410 e. The fraction of sp³-hybridized carbons (Fsp3) is 0.478. The second kappa shape index (κ2) is 9.27. The van der Waals surface area contributed by atoms with Crippen molar-refractivity contribution in [2.24, 2.45) is 0 Å². The second-order valence-corrected chi connectivity index (χ2v) is 7.69. The molecule has 154 valence electrons. The van der Waals surface area contributed by atoms with Crippen LogP contribution in [-0.4, -0.2) is 48.8 Å². The zero-order valence-electron chi connectivity index (χ0n) is 17.0. The smallest absolute Gasteiger partial charge is 0.410 e. The van der Waals surface area contributed by atoms with Crippen LogP contribution in [0.15, 0.2) is 42.5 Å². The molecule has 0 spiro atoms. The Hall–Kier alpha value is -2.60. The van der Waals surface area contributed by atoms with Crippen molar-refractivity contribution in [2.75, 3.05) is 37.7 Å². The Bertz CT molecular complexity index is 821. The molecule has 1 atom stereocenters. The average Bonchev–Trinajstić information content (AvgIpc) is 2.79. The number of amides is 1. The highest BCUT2D eigenvalue weighted by atomic mass is 16.6. The van der Waals surface area contributed by atoms with E-state index in [1.807, 2.05) is 42.2 Å². The van der Waals surface area contributed by atoms with Crippen LogP contribution >= 0.6 is 0 Å². The minimum atomic E-state index is -0.241. The van der Waals surface area contributed by atoms with E-state index in [4.69, 9.17) is 14.5 Å². The number of piperidine rings is 1. The predicted octanol–water partition coefficient (Wildman–Crippen LogP) is 4.09. The number of hydrogen-bond acceptors (Lipinski definition) is 5. The highest BCUT2D eigenvalue weighted by Crippen LogP contribution is 2.33. The third kappa shape index (κ3) is 4.70. The van der Waals surface area contributed by atoms with Crippen molar-refractivity contribution in [3.8, 4) is 0 Å². The van der Waals surface area contributed by atoms with Crippen molar-refractivity contribution in [1.29, 1.82) is 0 Å². The standard InChI is InChI=1S/C23H29N3O3/c1-18-20(10-11-22(24-18)25-13-15-28-16-14-25)21-9-5-6-12-26(21)23(27)29-17-19-7-3-2-4-8-19/h2-4,7-8,10-11,21H,5-6,9,12-17H2,1H3/t21-/m0/s1. The molecule has 29 heavy (non-hydrogen) atoms. The van der Waals surface area contributed by atoms with Gasteiger partial charge in [-0.1, -0.05) is 36.4 Å². The molecule has 2 aliphatic rings. The number of anilines is 1.